The number of esters is 1. The van der Waals surface area contributed by atoms with Gasteiger partial charge in [0.05, 0.1) is 25.6 Å². The van der Waals surface area contributed by atoms with Crippen molar-refractivity contribution in [2.75, 3.05) is 14.2 Å². The molecule has 1 unspecified atom stereocenters. The minimum atomic E-state index is -0.439. The molecule has 0 aliphatic rings. The molecule has 7 heteroatoms. The molecule has 0 bridgehead atoms. The molecule has 0 amide bonds. The van der Waals surface area contributed by atoms with Crippen molar-refractivity contribution < 1.29 is 19.2 Å². The Morgan fingerprint density at radius 2 is 2.15 bits per heavy atom. The Bertz CT molecular complexity index is 492. The zero-order valence-electron chi connectivity index (χ0n) is 11.6. The molecule has 0 N–H and O–H groups in total. The Hall–Kier alpha value is -1.76. The molecule has 1 rings (SSSR count). The second-order valence-electron chi connectivity index (χ2n) is 4.16. The number of benzene rings is 1. The van der Waals surface area contributed by atoms with Crippen molar-refractivity contribution in [2.24, 2.45) is 0 Å². The van der Waals surface area contributed by atoms with Gasteiger partial charge in [0.15, 0.2) is 0 Å². The number of methoxy groups -OCH3 is 2. The third kappa shape index (κ3) is 4.73. The number of hydrogen-bond donors (Lipinski definition) is 0. The minimum Gasteiger partial charge on any atom is -0.496 e. The van der Waals surface area contributed by atoms with Gasteiger partial charge in [0, 0.05) is 28.7 Å². The summed E-state index contributed by atoms with van der Waals surface area (Å²) in [7, 11) is 2.87. The van der Waals surface area contributed by atoms with Crippen LogP contribution >= 0.6 is 11.8 Å². The summed E-state index contributed by atoms with van der Waals surface area (Å²) in [6.07, 6.45) is 0.304. The van der Waals surface area contributed by atoms with Crippen molar-refractivity contribution in [3.63, 3.8) is 0 Å². The van der Waals surface area contributed by atoms with Gasteiger partial charge in [0.2, 0.25) is 0 Å². The summed E-state index contributed by atoms with van der Waals surface area (Å²) in [5.74, 6) is 0.868. The second kappa shape index (κ2) is 7.74. The lowest BCUT2D eigenvalue weighted by molar-refractivity contribution is -0.384. The first-order valence-corrected chi connectivity index (χ1v) is 7.02. The average molecular weight is 299 g/mol. The number of nitrogens with zero attached hydrogens (tertiary/aromatic N) is 1. The highest BCUT2D eigenvalue weighted by molar-refractivity contribution is 7.99. The molecule has 0 aromatic heterocycles. The van der Waals surface area contributed by atoms with Crippen LogP contribution in [0.25, 0.3) is 0 Å². The molecule has 110 valence electrons. The van der Waals surface area contributed by atoms with Crippen molar-refractivity contribution in [1.82, 2.24) is 0 Å². The van der Waals surface area contributed by atoms with Crippen LogP contribution in [0.2, 0.25) is 0 Å². The maximum Gasteiger partial charge on any atom is 0.306 e. The lowest BCUT2D eigenvalue weighted by Crippen LogP contribution is -2.08. The van der Waals surface area contributed by atoms with Crippen molar-refractivity contribution >= 4 is 23.4 Å². The Balaban J connectivity index is 2.72. The standard InChI is InChI=1S/C13H17NO5S/c1-9(6-13(15)19-3)20-8-10-7-11(14(16)17)4-5-12(10)18-2/h4-5,7,9H,6,8H2,1-3H3. The van der Waals surface area contributed by atoms with E-state index >= 15 is 0 Å². The Kier molecular flexibility index (Phi) is 6.30. The number of carbonyl (C=O) groups is 1. The van der Waals surface area contributed by atoms with Gasteiger partial charge < -0.3 is 9.47 Å². The predicted octanol–water partition coefficient (Wildman–Crippen LogP) is 2.79. The zero-order valence-corrected chi connectivity index (χ0v) is 12.4. The SMILES string of the molecule is COC(=O)CC(C)SCc1cc([N+](=O)[O-])ccc1OC. The molecule has 6 nitrogen and oxygen atoms in total. The van der Waals surface area contributed by atoms with E-state index in [-0.39, 0.29) is 16.9 Å². The van der Waals surface area contributed by atoms with Crippen molar-refractivity contribution in [2.45, 2.75) is 24.3 Å². The van der Waals surface area contributed by atoms with Crippen LogP contribution in [-0.4, -0.2) is 30.4 Å². The predicted molar refractivity (Wildman–Crippen MR) is 77.0 cm³/mol. The van der Waals surface area contributed by atoms with E-state index in [0.717, 1.165) is 5.56 Å². The van der Waals surface area contributed by atoms with Crippen molar-refractivity contribution in [1.29, 1.82) is 0 Å². The number of carbonyl (C=O) groups excluding carboxylic acids is 1. The highest BCUT2D eigenvalue weighted by Crippen LogP contribution is 2.29. The number of ether oxygens (including phenoxy) is 2. The second-order valence-corrected chi connectivity index (χ2v) is 5.58. The Labute approximate surface area is 121 Å². The topological polar surface area (TPSA) is 78.7 Å². The van der Waals surface area contributed by atoms with Gasteiger partial charge >= 0.3 is 5.97 Å². The largest absolute Gasteiger partial charge is 0.496 e. The maximum absolute atomic E-state index is 11.2. The first-order chi connectivity index (χ1) is 9.47. The molecule has 0 fully saturated rings. The molecular weight excluding hydrogens is 282 g/mol. The molecular formula is C13H17NO5S. The quantitative estimate of drug-likeness (QED) is 0.437. The third-order valence-electron chi connectivity index (χ3n) is 2.68. The third-order valence-corrected chi connectivity index (χ3v) is 3.89. The van der Waals surface area contributed by atoms with Gasteiger partial charge in [-0.1, -0.05) is 6.92 Å². The van der Waals surface area contributed by atoms with Crippen LogP contribution in [0.5, 0.6) is 5.75 Å². The van der Waals surface area contributed by atoms with Crippen LogP contribution in [0.15, 0.2) is 18.2 Å². The van der Waals surface area contributed by atoms with Crippen LogP contribution in [0.4, 0.5) is 5.69 Å². The monoisotopic (exact) mass is 299 g/mol. The molecule has 0 spiro atoms. The number of thioether (sulfide) groups is 1. The van der Waals surface area contributed by atoms with Crippen LogP contribution < -0.4 is 4.74 Å². The first kappa shape index (κ1) is 16.3. The zero-order chi connectivity index (χ0) is 15.1. The van der Waals surface area contributed by atoms with Gasteiger partial charge in [0.1, 0.15) is 5.75 Å². The summed E-state index contributed by atoms with van der Waals surface area (Å²) in [6, 6.07) is 4.49. The van der Waals surface area contributed by atoms with Crippen molar-refractivity contribution in [3.8, 4) is 5.75 Å². The highest BCUT2D eigenvalue weighted by atomic mass is 32.2. The van der Waals surface area contributed by atoms with Gasteiger partial charge in [-0.2, -0.15) is 11.8 Å². The van der Waals surface area contributed by atoms with Gasteiger partial charge in [-0.25, -0.2) is 0 Å². The van der Waals surface area contributed by atoms with Gasteiger partial charge in [-0.05, 0) is 6.07 Å². The molecule has 1 aromatic carbocycles. The summed E-state index contributed by atoms with van der Waals surface area (Å²) < 4.78 is 9.79. The molecule has 0 saturated carbocycles. The molecule has 20 heavy (non-hydrogen) atoms. The first-order valence-electron chi connectivity index (χ1n) is 5.97. The number of nitro benzene ring substituents is 1. The maximum atomic E-state index is 11.2. The summed E-state index contributed by atoms with van der Waals surface area (Å²) in [5.41, 5.74) is 0.769. The van der Waals surface area contributed by atoms with E-state index in [1.165, 1.54) is 38.1 Å². The summed E-state index contributed by atoms with van der Waals surface area (Å²) >= 11 is 1.52. The van der Waals surface area contributed by atoms with Gasteiger partial charge in [-0.3, -0.25) is 14.9 Å². The number of rotatable bonds is 7. The van der Waals surface area contributed by atoms with E-state index in [2.05, 4.69) is 4.74 Å². The van der Waals surface area contributed by atoms with E-state index < -0.39 is 4.92 Å². The smallest absolute Gasteiger partial charge is 0.306 e. The van der Waals surface area contributed by atoms with Crippen LogP contribution in [0.1, 0.15) is 18.9 Å². The molecule has 0 aliphatic heterocycles. The minimum absolute atomic E-state index is 0.0296. The van der Waals surface area contributed by atoms with Crippen molar-refractivity contribution in [3.05, 3.63) is 33.9 Å². The fourth-order valence-electron chi connectivity index (χ4n) is 1.60. The molecule has 0 aliphatic carbocycles. The number of non-ortho nitro benzene ring substituents is 1. The highest BCUT2D eigenvalue weighted by Gasteiger charge is 2.14. The summed E-state index contributed by atoms with van der Waals surface area (Å²) in [5, 5.41) is 10.8. The van der Waals surface area contributed by atoms with Gasteiger partial charge in [-0.15, -0.1) is 0 Å². The Morgan fingerprint density at radius 1 is 1.45 bits per heavy atom. The Morgan fingerprint density at radius 3 is 2.70 bits per heavy atom. The van der Waals surface area contributed by atoms with Crippen LogP contribution in [-0.2, 0) is 15.3 Å². The molecule has 0 heterocycles. The number of hydrogen-bond acceptors (Lipinski definition) is 6. The lowest BCUT2D eigenvalue weighted by Gasteiger charge is -2.12. The average Bonchev–Trinajstić information content (AvgIpc) is 2.44. The van der Waals surface area contributed by atoms with E-state index in [4.69, 9.17) is 4.74 Å². The fraction of sp³-hybridized carbons (Fsp3) is 0.462. The lowest BCUT2D eigenvalue weighted by atomic mass is 10.2. The van der Waals surface area contributed by atoms with E-state index in [9.17, 15) is 14.9 Å². The molecule has 0 saturated heterocycles. The fourth-order valence-corrected chi connectivity index (χ4v) is 2.54. The normalized spacial score (nSPS) is 11.8. The van der Waals surface area contributed by atoms with E-state index in [1.807, 2.05) is 6.92 Å². The molecule has 1 aromatic rings. The summed E-state index contributed by atoms with van der Waals surface area (Å²) in [4.78, 5) is 21.5. The van der Waals surface area contributed by atoms with Crippen LogP contribution in [0, 0.1) is 10.1 Å². The molecule has 0 radical (unpaired) electrons. The summed E-state index contributed by atoms with van der Waals surface area (Å²) in [6.45, 7) is 1.91. The van der Waals surface area contributed by atoms with Crippen LogP contribution in [0.3, 0.4) is 0 Å². The molecule has 1 atom stereocenters. The number of nitro groups is 1. The van der Waals surface area contributed by atoms with Gasteiger partial charge in [0.25, 0.3) is 5.69 Å². The van der Waals surface area contributed by atoms with E-state index in [1.54, 1.807) is 6.07 Å². The van der Waals surface area contributed by atoms with E-state index in [0.29, 0.717) is 17.9 Å².